The Kier molecular flexibility index (Phi) is 6.71. The zero-order chi connectivity index (χ0) is 19.9. The van der Waals surface area contributed by atoms with Gasteiger partial charge in [0.2, 0.25) is 10.0 Å². The quantitative estimate of drug-likeness (QED) is 0.759. The number of ether oxygens (including phenoxy) is 2. The van der Waals surface area contributed by atoms with Crippen molar-refractivity contribution in [3.05, 3.63) is 54.1 Å². The van der Waals surface area contributed by atoms with Crippen LogP contribution in [0.4, 0.5) is 13.2 Å². The number of nitrogens with one attached hydrogen (secondary N) is 1. The Morgan fingerprint density at radius 1 is 1.07 bits per heavy atom. The molecule has 0 aromatic heterocycles. The summed E-state index contributed by atoms with van der Waals surface area (Å²) in [6, 6.07) is 10.5. The first-order valence-electron chi connectivity index (χ1n) is 7.62. The van der Waals surface area contributed by atoms with Gasteiger partial charge >= 0.3 is 6.18 Å². The highest BCUT2D eigenvalue weighted by Gasteiger charge is 2.30. The molecule has 0 spiro atoms. The van der Waals surface area contributed by atoms with Crippen molar-refractivity contribution in [2.24, 2.45) is 0 Å². The lowest BCUT2D eigenvalue weighted by atomic mass is 10.2. The number of alkyl halides is 3. The number of benzene rings is 2. The van der Waals surface area contributed by atoms with Gasteiger partial charge in [-0.05, 0) is 30.3 Å². The van der Waals surface area contributed by atoms with Gasteiger partial charge in [0.05, 0.1) is 19.2 Å². The molecule has 0 aliphatic rings. The molecule has 0 atom stereocenters. The van der Waals surface area contributed by atoms with Crippen molar-refractivity contribution in [1.82, 2.24) is 4.72 Å². The number of hydrogen-bond acceptors (Lipinski definition) is 4. The number of para-hydroxylation sites is 1. The second-order valence-corrected chi connectivity index (χ2v) is 6.88. The van der Waals surface area contributed by atoms with E-state index in [4.69, 9.17) is 9.47 Å². The van der Waals surface area contributed by atoms with E-state index in [2.05, 4.69) is 16.6 Å². The molecule has 2 rings (SSSR count). The maximum atomic E-state index is 12.6. The van der Waals surface area contributed by atoms with E-state index in [1.165, 1.54) is 31.4 Å². The van der Waals surface area contributed by atoms with Gasteiger partial charge in [0.1, 0.15) is 23.0 Å². The van der Waals surface area contributed by atoms with E-state index >= 15 is 0 Å². The molecule has 5 nitrogen and oxygen atoms in total. The molecule has 0 unspecified atom stereocenters. The van der Waals surface area contributed by atoms with Crippen LogP contribution in [0.5, 0.6) is 11.5 Å². The van der Waals surface area contributed by atoms with Crippen molar-refractivity contribution in [1.29, 1.82) is 0 Å². The Hall–Kier alpha value is -2.70. The van der Waals surface area contributed by atoms with E-state index in [-0.39, 0.29) is 29.5 Å². The number of sulfonamides is 1. The van der Waals surface area contributed by atoms with Crippen LogP contribution in [0.25, 0.3) is 0 Å². The van der Waals surface area contributed by atoms with Crippen LogP contribution in [-0.4, -0.2) is 28.7 Å². The predicted octanol–water partition coefficient (Wildman–Crippen LogP) is 3.07. The van der Waals surface area contributed by atoms with Gasteiger partial charge in [-0.1, -0.05) is 30.0 Å². The second kappa shape index (κ2) is 8.79. The van der Waals surface area contributed by atoms with Gasteiger partial charge in [0, 0.05) is 0 Å². The average Bonchev–Trinajstić information content (AvgIpc) is 2.64. The number of hydrogen-bond donors (Lipinski definition) is 1. The summed E-state index contributed by atoms with van der Waals surface area (Å²) < 4.78 is 74.6. The lowest BCUT2D eigenvalue weighted by Gasteiger charge is -2.09. The van der Waals surface area contributed by atoms with E-state index in [9.17, 15) is 21.6 Å². The van der Waals surface area contributed by atoms with Gasteiger partial charge in [-0.25, -0.2) is 8.42 Å². The lowest BCUT2D eigenvalue weighted by molar-refractivity contribution is -0.137. The smallest absolute Gasteiger partial charge is 0.416 e. The molecule has 0 bridgehead atoms. The Bertz CT molecular complexity index is 947. The Morgan fingerprint density at radius 2 is 1.81 bits per heavy atom. The predicted molar refractivity (Wildman–Crippen MR) is 92.9 cm³/mol. The first-order chi connectivity index (χ1) is 12.7. The van der Waals surface area contributed by atoms with Gasteiger partial charge in [0.15, 0.2) is 0 Å². The maximum absolute atomic E-state index is 12.6. The molecule has 9 heteroatoms. The fourth-order valence-electron chi connectivity index (χ4n) is 2.04. The Balaban J connectivity index is 1.90. The largest absolute Gasteiger partial charge is 0.495 e. The standard InChI is InChI=1S/C18H16F3NO4S/c1-25-16-9-2-3-10-17(16)27(23,24)22-11-4-5-12-26-15-8-6-7-14(13-15)18(19,20)21/h2-3,6-10,13,22H,11-12H2,1H3. The van der Waals surface area contributed by atoms with E-state index in [0.29, 0.717) is 0 Å². The molecule has 2 aromatic rings. The van der Waals surface area contributed by atoms with E-state index < -0.39 is 21.8 Å². The van der Waals surface area contributed by atoms with Crippen molar-refractivity contribution in [2.45, 2.75) is 11.1 Å². The fourth-order valence-corrected chi connectivity index (χ4v) is 3.14. The summed E-state index contributed by atoms with van der Waals surface area (Å²) in [5.74, 6) is 5.29. The summed E-state index contributed by atoms with van der Waals surface area (Å²) in [6.45, 7) is -0.371. The molecule has 0 heterocycles. The van der Waals surface area contributed by atoms with Crippen molar-refractivity contribution in [3.63, 3.8) is 0 Å². The molecule has 0 saturated carbocycles. The molecular formula is C18H16F3NO4S. The van der Waals surface area contributed by atoms with Gasteiger partial charge in [-0.3, -0.25) is 0 Å². The lowest BCUT2D eigenvalue weighted by Crippen LogP contribution is -2.24. The summed E-state index contributed by atoms with van der Waals surface area (Å²) in [7, 11) is -2.45. The molecule has 27 heavy (non-hydrogen) atoms. The van der Waals surface area contributed by atoms with Crippen LogP contribution in [0.2, 0.25) is 0 Å². The fraction of sp³-hybridized carbons (Fsp3) is 0.222. The summed E-state index contributed by atoms with van der Waals surface area (Å²) in [5, 5.41) is 0. The second-order valence-electron chi connectivity index (χ2n) is 5.14. The van der Waals surface area contributed by atoms with Gasteiger partial charge in [-0.15, -0.1) is 0 Å². The van der Waals surface area contributed by atoms with E-state index in [1.807, 2.05) is 0 Å². The van der Waals surface area contributed by atoms with Gasteiger partial charge in [0.25, 0.3) is 0 Å². The third-order valence-electron chi connectivity index (χ3n) is 3.31. The van der Waals surface area contributed by atoms with E-state index in [1.54, 1.807) is 12.1 Å². The first-order valence-corrected chi connectivity index (χ1v) is 9.11. The Labute approximate surface area is 155 Å². The molecular weight excluding hydrogens is 383 g/mol. The van der Waals surface area contributed by atoms with Gasteiger partial charge in [-0.2, -0.15) is 17.9 Å². The summed E-state index contributed by atoms with van der Waals surface area (Å²) >= 11 is 0. The molecule has 0 radical (unpaired) electrons. The average molecular weight is 399 g/mol. The molecule has 0 saturated heterocycles. The minimum Gasteiger partial charge on any atom is -0.495 e. The first kappa shape index (κ1) is 20.6. The summed E-state index contributed by atoms with van der Waals surface area (Å²) in [4.78, 5) is -0.0190. The third-order valence-corrected chi connectivity index (χ3v) is 4.75. The van der Waals surface area contributed by atoms with Gasteiger partial charge < -0.3 is 9.47 Å². The zero-order valence-electron chi connectivity index (χ0n) is 14.2. The molecule has 0 aliphatic heterocycles. The zero-order valence-corrected chi connectivity index (χ0v) is 15.0. The topological polar surface area (TPSA) is 64.6 Å². The SMILES string of the molecule is COc1ccccc1S(=O)(=O)NCC#CCOc1cccc(C(F)(F)F)c1. The monoisotopic (exact) mass is 399 g/mol. The maximum Gasteiger partial charge on any atom is 0.416 e. The molecule has 0 amide bonds. The number of halogens is 3. The minimum atomic E-state index is -4.46. The van der Waals surface area contributed by atoms with Crippen LogP contribution in [0.3, 0.4) is 0 Å². The van der Waals surface area contributed by atoms with Crippen molar-refractivity contribution in [3.8, 4) is 23.3 Å². The van der Waals surface area contributed by atoms with Crippen molar-refractivity contribution >= 4 is 10.0 Å². The molecule has 1 N–H and O–H groups in total. The molecule has 144 valence electrons. The highest BCUT2D eigenvalue weighted by Crippen LogP contribution is 2.31. The highest BCUT2D eigenvalue weighted by molar-refractivity contribution is 7.89. The van der Waals surface area contributed by atoms with Crippen molar-refractivity contribution < 1.29 is 31.1 Å². The van der Waals surface area contributed by atoms with Crippen LogP contribution in [0.15, 0.2) is 53.4 Å². The summed E-state index contributed by atoms with van der Waals surface area (Å²) in [5.41, 5.74) is -0.822. The summed E-state index contributed by atoms with van der Waals surface area (Å²) in [6.07, 6.45) is -4.46. The molecule has 0 fully saturated rings. The molecule has 0 aliphatic carbocycles. The normalized spacial score (nSPS) is 11.4. The van der Waals surface area contributed by atoms with Crippen LogP contribution in [-0.2, 0) is 16.2 Å². The minimum absolute atomic E-state index is 0.0190. The van der Waals surface area contributed by atoms with Crippen LogP contribution >= 0.6 is 0 Å². The third kappa shape index (κ3) is 5.91. The number of rotatable bonds is 6. The molecule has 2 aromatic carbocycles. The highest BCUT2D eigenvalue weighted by atomic mass is 32.2. The number of methoxy groups -OCH3 is 1. The van der Waals surface area contributed by atoms with E-state index in [0.717, 1.165) is 12.1 Å². The van der Waals surface area contributed by atoms with Crippen LogP contribution < -0.4 is 14.2 Å². The van der Waals surface area contributed by atoms with Crippen LogP contribution in [0, 0.1) is 11.8 Å². The van der Waals surface area contributed by atoms with Crippen molar-refractivity contribution in [2.75, 3.05) is 20.3 Å². The Morgan fingerprint density at radius 3 is 2.52 bits per heavy atom. The van der Waals surface area contributed by atoms with Crippen LogP contribution in [0.1, 0.15) is 5.56 Å².